The summed E-state index contributed by atoms with van der Waals surface area (Å²) in [5.41, 5.74) is 0. The molecule has 4 heteroatoms. The molecule has 0 aromatic carbocycles. The Bertz CT molecular complexity index is 189. The van der Waals surface area contributed by atoms with Crippen molar-refractivity contribution in [1.29, 1.82) is 0 Å². The van der Waals surface area contributed by atoms with E-state index >= 15 is 0 Å². The van der Waals surface area contributed by atoms with Crippen LogP contribution >= 0.6 is 0 Å². The molecule has 0 amide bonds. The minimum absolute atomic E-state index is 0.125. The van der Waals surface area contributed by atoms with Crippen molar-refractivity contribution in [3.05, 3.63) is 0 Å². The van der Waals surface area contributed by atoms with Crippen molar-refractivity contribution in [3.8, 4) is 0 Å². The van der Waals surface area contributed by atoms with Gasteiger partial charge in [-0.05, 0) is 25.8 Å². The van der Waals surface area contributed by atoms with Crippen LogP contribution in [0.3, 0.4) is 0 Å². The molecule has 2 fully saturated rings. The highest BCUT2D eigenvalue weighted by atomic mass is 16.5. The van der Waals surface area contributed by atoms with Gasteiger partial charge in [0, 0.05) is 25.2 Å². The molecule has 2 rings (SSSR count). The number of fused-ring (bicyclic) bond motifs is 1. The Balaban J connectivity index is 1.59. The van der Waals surface area contributed by atoms with Gasteiger partial charge in [-0.1, -0.05) is 0 Å². The van der Waals surface area contributed by atoms with Crippen LogP contribution in [0.15, 0.2) is 0 Å². The molecule has 0 bridgehead atoms. The Morgan fingerprint density at radius 2 is 2.20 bits per heavy atom. The molecule has 2 heterocycles. The average molecular weight is 214 g/mol. The van der Waals surface area contributed by atoms with Crippen LogP contribution < -0.4 is 5.32 Å². The van der Waals surface area contributed by atoms with Crippen LogP contribution in [-0.4, -0.2) is 61.5 Å². The van der Waals surface area contributed by atoms with E-state index in [4.69, 9.17) is 9.84 Å². The lowest BCUT2D eigenvalue weighted by Crippen LogP contribution is -2.40. The third-order valence-corrected chi connectivity index (χ3v) is 3.49. The van der Waals surface area contributed by atoms with Crippen molar-refractivity contribution < 1.29 is 9.84 Å². The van der Waals surface area contributed by atoms with Crippen LogP contribution in [0, 0.1) is 0 Å². The van der Waals surface area contributed by atoms with E-state index in [9.17, 15) is 0 Å². The van der Waals surface area contributed by atoms with Gasteiger partial charge < -0.3 is 15.2 Å². The highest BCUT2D eigenvalue weighted by Crippen LogP contribution is 2.27. The fourth-order valence-electron chi connectivity index (χ4n) is 2.80. The Morgan fingerprint density at radius 1 is 1.27 bits per heavy atom. The topological polar surface area (TPSA) is 44.7 Å². The average Bonchev–Trinajstić information content (AvgIpc) is 2.81. The predicted octanol–water partition coefficient (Wildman–Crippen LogP) is -0.178. The smallest absolute Gasteiger partial charge is 0.0698 e. The molecule has 0 aromatic rings. The van der Waals surface area contributed by atoms with Crippen LogP contribution in [0.2, 0.25) is 0 Å². The molecule has 2 aliphatic rings. The van der Waals surface area contributed by atoms with Gasteiger partial charge in [0.2, 0.25) is 0 Å². The monoisotopic (exact) mass is 214 g/mol. The Kier molecular flexibility index (Phi) is 4.38. The molecule has 0 aromatic heterocycles. The van der Waals surface area contributed by atoms with Crippen LogP contribution in [0.25, 0.3) is 0 Å². The molecule has 2 saturated heterocycles. The maximum atomic E-state index is 8.55. The third kappa shape index (κ3) is 2.91. The Labute approximate surface area is 91.6 Å². The third-order valence-electron chi connectivity index (χ3n) is 3.49. The molecule has 4 nitrogen and oxygen atoms in total. The summed E-state index contributed by atoms with van der Waals surface area (Å²) in [4.78, 5) is 2.60. The second-order valence-electron chi connectivity index (χ2n) is 4.43. The summed E-state index contributed by atoms with van der Waals surface area (Å²) in [7, 11) is 0. The Morgan fingerprint density at radius 3 is 3.07 bits per heavy atom. The van der Waals surface area contributed by atoms with Gasteiger partial charge in [0.15, 0.2) is 0 Å². The van der Waals surface area contributed by atoms with Gasteiger partial charge in [-0.2, -0.15) is 0 Å². The minimum Gasteiger partial charge on any atom is -0.394 e. The van der Waals surface area contributed by atoms with E-state index in [0.717, 1.165) is 12.6 Å². The molecule has 2 N–H and O–H groups in total. The number of nitrogens with one attached hydrogen (secondary N) is 1. The lowest BCUT2D eigenvalue weighted by atomic mass is 10.1. The summed E-state index contributed by atoms with van der Waals surface area (Å²) in [6.07, 6.45) is 4.00. The number of aliphatic hydroxyl groups is 1. The zero-order valence-corrected chi connectivity index (χ0v) is 9.32. The number of ether oxygens (including phenoxy) is 1. The summed E-state index contributed by atoms with van der Waals surface area (Å²) in [6.45, 7) is 4.77. The van der Waals surface area contributed by atoms with Crippen LogP contribution in [-0.2, 0) is 4.74 Å². The van der Waals surface area contributed by atoms with E-state index < -0.39 is 0 Å². The number of hydrogen-bond donors (Lipinski definition) is 2. The largest absolute Gasteiger partial charge is 0.394 e. The first kappa shape index (κ1) is 11.3. The van der Waals surface area contributed by atoms with Gasteiger partial charge in [-0.15, -0.1) is 0 Å². The van der Waals surface area contributed by atoms with Crippen molar-refractivity contribution in [1.82, 2.24) is 10.2 Å². The first-order chi connectivity index (χ1) is 7.42. The van der Waals surface area contributed by atoms with Gasteiger partial charge in [0.05, 0.1) is 19.8 Å². The van der Waals surface area contributed by atoms with E-state index in [-0.39, 0.29) is 6.61 Å². The van der Waals surface area contributed by atoms with Crippen molar-refractivity contribution in [2.75, 3.05) is 39.5 Å². The van der Waals surface area contributed by atoms with E-state index in [2.05, 4.69) is 10.2 Å². The summed E-state index contributed by atoms with van der Waals surface area (Å²) >= 11 is 0. The molecular weight excluding hydrogens is 192 g/mol. The van der Waals surface area contributed by atoms with Crippen LogP contribution in [0.1, 0.15) is 19.3 Å². The molecule has 2 atom stereocenters. The fourth-order valence-corrected chi connectivity index (χ4v) is 2.80. The zero-order chi connectivity index (χ0) is 10.5. The van der Waals surface area contributed by atoms with Gasteiger partial charge >= 0.3 is 0 Å². The first-order valence-corrected chi connectivity index (χ1v) is 6.08. The number of hydrogen-bond acceptors (Lipinski definition) is 4. The van der Waals surface area contributed by atoms with Gasteiger partial charge in [-0.3, -0.25) is 4.90 Å². The highest BCUT2D eigenvalue weighted by Gasteiger charge is 2.36. The number of aliphatic hydroxyl groups excluding tert-OH is 1. The fraction of sp³-hybridized carbons (Fsp3) is 1.00. The van der Waals surface area contributed by atoms with E-state index in [1.807, 2.05) is 0 Å². The number of nitrogens with zero attached hydrogens (tertiary/aromatic N) is 1. The zero-order valence-electron chi connectivity index (χ0n) is 9.32. The second kappa shape index (κ2) is 5.80. The molecule has 0 saturated carbocycles. The minimum atomic E-state index is 0.125. The SMILES string of the molecule is OCCOCCNC1CCN2CCCC12. The quantitative estimate of drug-likeness (QED) is 0.602. The van der Waals surface area contributed by atoms with Gasteiger partial charge in [-0.25, -0.2) is 0 Å². The molecule has 0 aliphatic carbocycles. The standard InChI is InChI=1S/C11H22N2O2/c14-7-9-15-8-4-12-10-3-6-13-5-1-2-11(10)13/h10-12,14H,1-9H2. The second-order valence-corrected chi connectivity index (χ2v) is 4.43. The summed E-state index contributed by atoms with van der Waals surface area (Å²) in [5.74, 6) is 0. The maximum absolute atomic E-state index is 8.55. The maximum Gasteiger partial charge on any atom is 0.0698 e. The van der Waals surface area contributed by atoms with Crippen molar-refractivity contribution in [2.24, 2.45) is 0 Å². The predicted molar refractivity (Wildman–Crippen MR) is 58.9 cm³/mol. The van der Waals surface area contributed by atoms with E-state index in [0.29, 0.717) is 19.3 Å². The summed E-state index contributed by atoms with van der Waals surface area (Å²) in [6, 6.07) is 1.45. The van der Waals surface area contributed by atoms with Crippen LogP contribution in [0.5, 0.6) is 0 Å². The molecule has 0 radical (unpaired) electrons. The Hall–Kier alpha value is -0.160. The first-order valence-electron chi connectivity index (χ1n) is 6.08. The van der Waals surface area contributed by atoms with Crippen molar-refractivity contribution >= 4 is 0 Å². The molecule has 15 heavy (non-hydrogen) atoms. The van der Waals surface area contributed by atoms with Gasteiger partial charge in [0.25, 0.3) is 0 Å². The lowest BCUT2D eigenvalue weighted by Gasteiger charge is -2.21. The van der Waals surface area contributed by atoms with E-state index in [1.165, 1.54) is 32.4 Å². The molecule has 88 valence electrons. The highest BCUT2D eigenvalue weighted by molar-refractivity contribution is 4.95. The molecule has 0 spiro atoms. The van der Waals surface area contributed by atoms with Gasteiger partial charge in [0.1, 0.15) is 0 Å². The van der Waals surface area contributed by atoms with Crippen molar-refractivity contribution in [3.63, 3.8) is 0 Å². The van der Waals surface area contributed by atoms with Crippen LogP contribution in [0.4, 0.5) is 0 Å². The summed E-state index contributed by atoms with van der Waals surface area (Å²) in [5, 5.41) is 12.1. The van der Waals surface area contributed by atoms with E-state index in [1.54, 1.807) is 0 Å². The molecule has 2 aliphatic heterocycles. The summed E-state index contributed by atoms with van der Waals surface area (Å²) < 4.78 is 5.23. The normalized spacial score (nSPS) is 31.0. The molecular formula is C11H22N2O2. The number of rotatable bonds is 6. The van der Waals surface area contributed by atoms with Crippen molar-refractivity contribution in [2.45, 2.75) is 31.3 Å². The lowest BCUT2D eigenvalue weighted by molar-refractivity contribution is 0.0920. The molecule has 2 unspecified atom stereocenters.